The van der Waals surface area contributed by atoms with Crippen molar-refractivity contribution in [3.63, 3.8) is 0 Å². The smallest absolute Gasteiger partial charge is 0.168 e. The van der Waals surface area contributed by atoms with Gasteiger partial charge >= 0.3 is 0 Å². The van der Waals surface area contributed by atoms with Crippen LogP contribution in [0, 0.1) is 19.3 Å². The third-order valence-corrected chi connectivity index (χ3v) is 3.60. The van der Waals surface area contributed by atoms with Crippen LogP contribution in [-0.2, 0) is 4.79 Å². The average Bonchev–Trinajstić information content (AvgIpc) is 2.45. The molecule has 1 aromatic rings. The van der Waals surface area contributed by atoms with Crippen LogP contribution in [0.1, 0.15) is 50.8 Å². The summed E-state index contributed by atoms with van der Waals surface area (Å²) in [6.07, 6.45) is 0.505. The van der Waals surface area contributed by atoms with E-state index in [4.69, 9.17) is 19.4 Å². The summed E-state index contributed by atoms with van der Waals surface area (Å²) >= 11 is 6.23. The molecule has 1 aromatic carbocycles. The van der Waals surface area contributed by atoms with Crippen molar-refractivity contribution in [3.05, 3.63) is 40.4 Å². The molecule has 4 heteroatoms. The van der Waals surface area contributed by atoms with Gasteiger partial charge in [-0.15, -0.1) is 0 Å². The first-order valence-electron chi connectivity index (χ1n) is 7.90. The van der Waals surface area contributed by atoms with Crippen molar-refractivity contribution < 1.29 is 4.79 Å². The number of aryl methyl sites for hydroxylation is 2. The number of allylic oxidation sites excluding steroid dienone is 1. The molecular formula is C19H31BClNO. The van der Waals surface area contributed by atoms with Crippen molar-refractivity contribution in [1.82, 2.24) is 5.32 Å². The Labute approximate surface area is 149 Å². The van der Waals surface area contributed by atoms with E-state index in [0.717, 1.165) is 22.3 Å². The van der Waals surface area contributed by atoms with Crippen molar-refractivity contribution in [1.29, 1.82) is 0 Å². The van der Waals surface area contributed by atoms with Gasteiger partial charge in [-0.1, -0.05) is 51.9 Å². The fourth-order valence-electron chi connectivity index (χ4n) is 1.77. The Morgan fingerprint density at radius 2 is 1.61 bits per heavy atom. The third-order valence-electron chi connectivity index (χ3n) is 3.29. The van der Waals surface area contributed by atoms with Crippen LogP contribution >= 0.6 is 11.6 Å². The van der Waals surface area contributed by atoms with Crippen LogP contribution in [0.4, 0.5) is 0 Å². The van der Waals surface area contributed by atoms with Gasteiger partial charge < -0.3 is 10.1 Å². The molecule has 0 saturated carbocycles. The molecule has 0 amide bonds. The molecular weight excluding hydrogens is 304 g/mol. The molecule has 0 saturated heterocycles. The van der Waals surface area contributed by atoms with Gasteiger partial charge in [0.25, 0.3) is 0 Å². The Bertz CT molecular complexity index is 524. The van der Waals surface area contributed by atoms with Crippen LogP contribution in [0.5, 0.6) is 0 Å². The lowest BCUT2D eigenvalue weighted by atomic mass is 9.73. The molecule has 0 atom stereocenters. The Balaban J connectivity index is 0. The summed E-state index contributed by atoms with van der Waals surface area (Å²) in [7, 11) is 9.13. The maximum Gasteiger partial charge on any atom is 0.168 e. The summed E-state index contributed by atoms with van der Waals surface area (Å²) in [6.45, 7) is 15.7. The zero-order valence-electron chi connectivity index (χ0n) is 15.9. The number of nitrogens with one attached hydrogen (secondary N) is 1. The van der Waals surface area contributed by atoms with Gasteiger partial charge in [-0.05, 0) is 62.7 Å². The minimum atomic E-state index is -0.612. The van der Waals surface area contributed by atoms with Gasteiger partial charge in [0.1, 0.15) is 0 Å². The molecule has 0 bridgehead atoms. The first-order chi connectivity index (χ1) is 10.6. The summed E-state index contributed by atoms with van der Waals surface area (Å²) in [5.41, 5.74) is 3.10. The molecule has 1 rings (SSSR count). The van der Waals surface area contributed by atoms with Crippen molar-refractivity contribution in [2.45, 2.75) is 48.0 Å². The standard InChI is InChI=1S/C15H18BClO.C2H7N.C2H6/c1-9-6-12(13(17)7-10(9)2)11(3)8-15(4,5)14(16)18;1-3-2;1-2/h6-7H,3,8H2,1-2,4-5H3;3H,1-2H3;1-2H3. The second-order valence-corrected chi connectivity index (χ2v) is 6.35. The van der Waals surface area contributed by atoms with E-state index in [1.165, 1.54) is 0 Å². The number of benzene rings is 1. The monoisotopic (exact) mass is 335 g/mol. The molecule has 0 heterocycles. The van der Waals surface area contributed by atoms with E-state index in [9.17, 15) is 4.79 Å². The van der Waals surface area contributed by atoms with Crippen LogP contribution in [0.25, 0.3) is 5.57 Å². The SMILES string of the molecule is CC.CNC.[B]C(=O)C(C)(C)CC(=C)c1cc(C)c(C)cc1Cl. The highest BCUT2D eigenvalue weighted by atomic mass is 35.5. The molecule has 0 unspecified atom stereocenters. The van der Waals surface area contributed by atoms with E-state index in [2.05, 4.69) is 11.9 Å². The molecule has 0 fully saturated rings. The molecule has 0 aliphatic rings. The summed E-state index contributed by atoms with van der Waals surface area (Å²) in [5.74, 6) is 0. The molecule has 128 valence electrons. The highest BCUT2D eigenvalue weighted by molar-refractivity contribution is 6.59. The normalized spacial score (nSPS) is 9.96. The predicted molar refractivity (Wildman–Crippen MR) is 105 cm³/mol. The summed E-state index contributed by atoms with van der Waals surface area (Å²) in [6, 6.07) is 3.94. The van der Waals surface area contributed by atoms with E-state index >= 15 is 0 Å². The quantitative estimate of drug-likeness (QED) is 0.789. The topological polar surface area (TPSA) is 29.1 Å². The molecule has 2 nitrogen and oxygen atoms in total. The summed E-state index contributed by atoms with van der Waals surface area (Å²) in [5, 5.41) is 3.42. The summed E-state index contributed by atoms with van der Waals surface area (Å²) in [4.78, 5) is 11.3. The zero-order valence-corrected chi connectivity index (χ0v) is 16.7. The van der Waals surface area contributed by atoms with Crippen LogP contribution in [0.2, 0.25) is 5.02 Å². The Kier molecular flexibility index (Phi) is 12.1. The number of carbonyl (C=O) groups is 1. The predicted octanol–water partition coefficient (Wildman–Crippen LogP) is 4.94. The van der Waals surface area contributed by atoms with Gasteiger partial charge in [-0.2, -0.15) is 0 Å². The zero-order chi connectivity index (χ0) is 18.8. The Hall–Kier alpha value is -1.06. The van der Waals surface area contributed by atoms with Crippen LogP contribution in [-0.4, -0.2) is 27.6 Å². The molecule has 1 N–H and O–H groups in total. The van der Waals surface area contributed by atoms with E-state index < -0.39 is 5.41 Å². The van der Waals surface area contributed by atoms with E-state index in [-0.39, 0.29) is 5.68 Å². The first kappa shape index (κ1) is 24.2. The van der Waals surface area contributed by atoms with E-state index in [0.29, 0.717) is 11.4 Å². The van der Waals surface area contributed by atoms with Crippen molar-refractivity contribution in [2.75, 3.05) is 14.1 Å². The van der Waals surface area contributed by atoms with Crippen LogP contribution in [0.3, 0.4) is 0 Å². The molecule has 2 radical (unpaired) electrons. The average molecular weight is 336 g/mol. The Morgan fingerprint density at radius 1 is 1.22 bits per heavy atom. The molecule has 0 aliphatic carbocycles. The highest BCUT2D eigenvalue weighted by Gasteiger charge is 2.24. The van der Waals surface area contributed by atoms with Crippen molar-refractivity contribution in [3.8, 4) is 0 Å². The molecule has 0 aliphatic heterocycles. The van der Waals surface area contributed by atoms with E-state index in [1.54, 1.807) is 0 Å². The fraction of sp³-hybridized carbons (Fsp3) is 0.526. The number of carbonyl (C=O) groups excluding carboxylic acids is 1. The lowest BCUT2D eigenvalue weighted by Crippen LogP contribution is -2.24. The highest BCUT2D eigenvalue weighted by Crippen LogP contribution is 2.34. The van der Waals surface area contributed by atoms with Gasteiger partial charge in [0, 0.05) is 10.4 Å². The molecule has 0 spiro atoms. The second-order valence-electron chi connectivity index (χ2n) is 5.94. The molecule has 0 aromatic heterocycles. The van der Waals surface area contributed by atoms with Gasteiger partial charge in [-0.25, -0.2) is 0 Å². The van der Waals surface area contributed by atoms with Crippen molar-refractivity contribution in [2.24, 2.45) is 5.41 Å². The lowest BCUT2D eigenvalue weighted by molar-refractivity contribution is -0.118. The van der Waals surface area contributed by atoms with Gasteiger partial charge in [0.05, 0.1) is 5.68 Å². The van der Waals surface area contributed by atoms with Crippen LogP contribution in [0.15, 0.2) is 18.7 Å². The first-order valence-corrected chi connectivity index (χ1v) is 8.28. The number of hydrogen-bond acceptors (Lipinski definition) is 2. The number of hydrogen-bond donors (Lipinski definition) is 1. The van der Waals surface area contributed by atoms with E-state index in [1.807, 2.05) is 67.8 Å². The number of rotatable bonds is 4. The lowest BCUT2D eigenvalue weighted by Gasteiger charge is -2.23. The maximum atomic E-state index is 11.3. The summed E-state index contributed by atoms with van der Waals surface area (Å²) < 4.78 is 0. The largest absolute Gasteiger partial charge is 0.323 e. The minimum absolute atomic E-state index is 0.330. The maximum absolute atomic E-state index is 11.3. The second kappa shape index (κ2) is 11.5. The van der Waals surface area contributed by atoms with Crippen LogP contribution < -0.4 is 5.32 Å². The van der Waals surface area contributed by atoms with Gasteiger partial charge in [-0.3, -0.25) is 0 Å². The minimum Gasteiger partial charge on any atom is -0.323 e. The van der Waals surface area contributed by atoms with Crippen molar-refractivity contribution >= 4 is 30.7 Å². The van der Waals surface area contributed by atoms with Gasteiger partial charge in [0.15, 0.2) is 7.85 Å². The fourth-order valence-corrected chi connectivity index (χ4v) is 2.12. The number of halogens is 1. The molecule has 23 heavy (non-hydrogen) atoms. The van der Waals surface area contributed by atoms with Gasteiger partial charge in [0.2, 0.25) is 0 Å². The Morgan fingerprint density at radius 3 is 2.00 bits per heavy atom. The third kappa shape index (κ3) is 8.38.